The molecule has 0 N–H and O–H groups in total. The lowest BCUT2D eigenvalue weighted by molar-refractivity contribution is -0.137. The Morgan fingerprint density at radius 1 is 1.19 bits per heavy atom. The molecule has 0 saturated carbocycles. The molecule has 1 aliphatic heterocycles. The molecule has 2 aromatic carbocycles. The highest BCUT2D eigenvalue weighted by molar-refractivity contribution is 6.08. The van der Waals surface area contributed by atoms with E-state index in [0.29, 0.717) is 0 Å². The van der Waals surface area contributed by atoms with Crippen LogP contribution in [0.25, 0.3) is 0 Å². The first-order valence-electron chi connectivity index (χ1n) is 8.01. The van der Waals surface area contributed by atoms with Gasteiger partial charge in [0.15, 0.2) is 5.78 Å². The summed E-state index contributed by atoms with van der Waals surface area (Å²) in [6.07, 6.45) is -5.32. The van der Waals surface area contributed by atoms with Gasteiger partial charge in [0.1, 0.15) is 6.61 Å². The predicted octanol–water partition coefficient (Wildman–Crippen LogP) is 4.82. The lowest BCUT2D eigenvalue weighted by Crippen LogP contribution is -2.44. The third-order valence-corrected chi connectivity index (χ3v) is 4.21. The molecule has 26 heavy (non-hydrogen) atoms. The van der Waals surface area contributed by atoms with Crippen LogP contribution in [-0.2, 0) is 17.5 Å². The van der Waals surface area contributed by atoms with Gasteiger partial charge in [0.2, 0.25) is 0 Å². The van der Waals surface area contributed by atoms with E-state index in [4.69, 9.17) is 4.74 Å². The molecule has 1 aliphatic rings. The number of halogens is 3. The topological polar surface area (TPSA) is 46.6 Å². The maximum Gasteiger partial charge on any atom is 0.416 e. The summed E-state index contributed by atoms with van der Waals surface area (Å²) >= 11 is 0. The molecule has 136 valence electrons. The number of anilines is 1. The summed E-state index contributed by atoms with van der Waals surface area (Å²) in [6, 6.07) is 11.3. The number of benzene rings is 2. The van der Waals surface area contributed by atoms with Gasteiger partial charge in [-0.1, -0.05) is 30.3 Å². The van der Waals surface area contributed by atoms with Crippen LogP contribution in [0.1, 0.15) is 34.8 Å². The highest BCUT2D eigenvalue weighted by Gasteiger charge is 2.37. The number of hydrogen-bond acceptors (Lipinski definition) is 3. The molecule has 4 nitrogen and oxygen atoms in total. The van der Waals surface area contributed by atoms with E-state index in [1.807, 2.05) is 6.07 Å². The molecular weight excluding hydrogens is 347 g/mol. The zero-order valence-corrected chi connectivity index (χ0v) is 13.9. The SMILES string of the molecule is CC1CC(=O)c2cc(C(F)(F)F)ccc2N1C(=O)OCc1ccccc1. The third kappa shape index (κ3) is 3.56. The predicted molar refractivity (Wildman–Crippen MR) is 89.0 cm³/mol. The molecule has 0 spiro atoms. The first-order valence-corrected chi connectivity index (χ1v) is 8.01. The first kappa shape index (κ1) is 18.0. The number of alkyl halides is 3. The molecule has 2 aromatic rings. The number of rotatable bonds is 2. The average Bonchev–Trinajstić information content (AvgIpc) is 2.59. The maximum absolute atomic E-state index is 12.9. The number of carbonyl (C=O) groups excluding carboxylic acids is 2. The molecule has 0 aromatic heterocycles. The molecule has 0 radical (unpaired) electrons. The van der Waals surface area contributed by atoms with Gasteiger partial charge >= 0.3 is 12.3 Å². The molecule has 3 rings (SSSR count). The molecule has 0 saturated heterocycles. The molecule has 7 heteroatoms. The van der Waals surface area contributed by atoms with Crippen LogP contribution in [0.4, 0.5) is 23.7 Å². The summed E-state index contributed by atoms with van der Waals surface area (Å²) in [5, 5.41) is 0. The third-order valence-electron chi connectivity index (χ3n) is 4.21. The quantitative estimate of drug-likeness (QED) is 0.768. The van der Waals surface area contributed by atoms with Crippen molar-refractivity contribution in [1.29, 1.82) is 0 Å². The lowest BCUT2D eigenvalue weighted by atomic mass is 9.94. The van der Waals surface area contributed by atoms with Crippen molar-refractivity contribution in [2.45, 2.75) is 32.2 Å². The molecule has 1 unspecified atom stereocenters. The Hall–Kier alpha value is -2.83. The second kappa shape index (κ2) is 6.82. The number of fused-ring (bicyclic) bond motifs is 1. The monoisotopic (exact) mass is 363 g/mol. The van der Waals surface area contributed by atoms with Crippen molar-refractivity contribution in [3.63, 3.8) is 0 Å². The molecular formula is C19H16F3NO3. The Morgan fingerprint density at radius 2 is 1.88 bits per heavy atom. The number of hydrogen-bond donors (Lipinski definition) is 0. The smallest absolute Gasteiger partial charge is 0.416 e. The Bertz CT molecular complexity index is 834. The molecule has 0 aliphatic carbocycles. The minimum atomic E-state index is -4.56. The van der Waals surface area contributed by atoms with Gasteiger partial charge in [-0.3, -0.25) is 9.69 Å². The van der Waals surface area contributed by atoms with Crippen LogP contribution >= 0.6 is 0 Å². The van der Waals surface area contributed by atoms with Crippen molar-refractivity contribution >= 4 is 17.6 Å². The van der Waals surface area contributed by atoms with Crippen LogP contribution in [0, 0.1) is 0 Å². The van der Waals surface area contributed by atoms with Gasteiger partial charge in [0, 0.05) is 18.0 Å². The zero-order valence-electron chi connectivity index (χ0n) is 13.9. The number of carbonyl (C=O) groups is 2. The van der Waals surface area contributed by atoms with Crippen LogP contribution < -0.4 is 4.90 Å². The van der Waals surface area contributed by atoms with Crippen molar-refractivity contribution in [1.82, 2.24) is 0 Å². The number of ether oxygens (including phenoxy) is 1. The second-order valence-corrected chi connectivity index (χ2v) is 6.12. The van der Waals surface area contributed by atoms with Crippen LogP contribution in [-0.4, -0.2) is 17.9 Å². The van der Waals surface area contributed by atoms with E-state index >= 15 is 0 Å². The Labute approximate surface area is 148 Å². The Balaban J connectivity index is 1.87. The van der Waals surface area contributed by atoms with Crippen molar-refractivity contribution in [3.8, 4) is 0 Å². The van der Waals surface area contributed by atoms with Crippen LogP contribution in [0.5, 0.6) is 0 Å². The van der Waals surface area contributed by atoms with Crippen molar-refractivity contribution in [2.24, 2.45) is 0 Å². The maximum atomic E-state index is 12.9. The highest BCUT2D eigenvalue weighted by Crippen LogP contribution is 2.37. The molecule has 1 heterocycles. The number of nitrogens with zero attached hydrogens (tertiary/aromatic N) is 1. The fourth-order valence-corrected chi connectivity index (χ4v) is 2.92. The van der Waals surface area contributed by atoms with Crippen LogP contribution in [0.2, 0.25) is 0 Å². The Morgan fingerprint density at radius 3 is 2.54 bits per heavy atom. The summed E-state index contributed by atoms with van der Waals surface area (Å²) in [4.78, 5) is 25.9. The second-order valence-electron chi connectivity index (χ2n) is 6.12. The number of Topliss-reactive ketones (excluding diaryl/α,β-unsaturated/α-hetero) is 1. The van der Waals surface area contributed by atoms with Gasteiger partial charge in [-0.05, 0) is 30.7 Å². The summed E-state index contributed by atoms with van der Waals surface area (Å²) in [7, 11) is 0. The van der Waals surface area contributed by atoms with Crippen LogP contribution in [0.3, 0.4) is 0 Å². The van der Waals surface area contributed by atoms with E-state index in [-0.39, 0.29) is 24.3 Å². The number of amides is 1. The molecule has 1 amide bonds. The summed E-state index contributed by atoms with van der Waals surface area (Å²) < 4.78 is 44.0. The highest BCUT2D eigenvalue weighted by atomic mass is 19.4. The zero-order chi connectivity index (χ0) is 18.9. The van der Waals surface area contributed by atoms with Gasteiger partial charge in [-0.2, -0.15) is 13.2 Å². The van der Waals surface area contributed by atoms with E-state index in [1.54, 1.807) is 31.2 Å². The normalized spacial score (nSPS) is 17.0. The minimum absolute atomic E-state index is 0.0345. The van der Waals surface area contributed by atoms with Gasteiger partial charge in [0.25, 0.3) is 0 Å². The minimum Gasteiger partial charge on any atom is -0.444 e. The Kier molecular flexibility index (Phi) is 4.71. The standard InChI is InChI=1S/C19H16F3NO3/c1-12-9-17(24)15-10-14(19(20,21)22)7-8-16(15)23(12)18(25)26-11-13-5-3-2-4-6-13/h2-8,10,12H,9,11H2,1H3. The van der Waals surface area contributed by atoms with E-state index in [0.717, 1.165) is 23.8 Å². The fourth-order valence-electron chi connectivity index (χ4n) is 2.92. The van der Waals surface area contributed by atoms with E-state index in [2.05, 4.69) is 0 Å². The average molecular weight is 363 g/mol. The van der Waals surface area contributed by atoms with Crippen molar-refractivity contribution < 1.29 is 27.5 Å². The van der Waals surface area contributed by atoms with Crippen molar-refractivity contribution in [2.75, 3.05) is 4.90 Å². The molecule has 0 bridgehead atoms. The summed E-state index contributed by atoms with van der Waals surface area (Å²) in [5.41, 5.74) is -0.111. The fraction of sp³-hybridized carbons (Fsp3) is 0.263. The molecule has 1 atom stereocenters. The van der Waals surface area contributed by atoms with Crippen LogP contribution in [0.15, 0.2) is 48.5 Å². The lowest BCUT2D eigenvalue weighted by Gasteiger charge is -2.33. The van der Waals surface area contributed by atoms with E-state index in [9.17, 15) is 22.8 Å². The number of ketones is 1. The first-order chi connectivity index (χ1) is 12.3. The summed E-state index contributed by atoms with van der Waals surface area (Å²) in [6.45, 7) is 1.69. The molecule has 0 fully saturated rings. The van der Waals surface area contributed by atoms with E-state index < -0.39 is 29.7 Å². The van der Waals surface area contributed by atoms with Gasteiger partial charge in [-0.25, -0.2) is 4.79 Å². The van der Waals surface area contributed by atoms with Gasteiger partial charge < -0.3 is 4.74 Å². The largest absolute Gasteiger partial charge is 0.444 e. The van der Waals surface area contributed by atoms with Gasteiger partial charge in [-0.15, -0.1) is 0 Å². The van der Waals surface area contributed by atoms with E-state index in [1.165, 1.54) is 4.90 Å². The summed E-state index contributed by atoms with van der Waals surface area (Å²) in [5.74, 6) is -0.425. The van der Waals surface area contributed by atoms with Gasteiger partial charge in [0.05, 0.1) is 11.3 Å². The van der Waals surface area contributed by atoms with Crippen molar-refractivity contribution in [3.05, 3.63) is 65.2 Å².